The van der Waals surface area contributed by atoms with Gasteiger partial charge in [0.25, 0.3) is 0 Å². The van der Waals surface area contributed by atoms with Gasteiger partial charge in [-0.25, -0.2) is 4.79 Å². The van der Waals surface area contributed by atoms with Gasteiger partial charge in [0, 0.05) is 18.1 Å². The van der Waals surface area contributed by atoms with Crippen LogP contribution in [0.25, 0.3) is 0 Å². The second-order valence-corrected chi connectivity index (χ2v) is 5.94. The summed E-state index contributed by atoms with van der Waals surface area (Å²) in [5.74, 6) is 0. The van der Waals surface area contributed by atoms with Gasteiger partial charge < -0.3 is 20.8 Å². The number of nitrogens with one attached hydrogen (secondary N) is 2. The second kappa shape index (κ2) is 9.27. The minimum Gasteiger partial charge on any atom is -0.465 e. The van der Waals surface area contributed by atoms with Crippen molar-refractivity contribution in [3.8, 4) is 0 Å². The van der Waals surface area contributed by atoms with E-state index < -0.39 is 18.2 Å². The highest BCUT2D eigenvalue weighted by Gasteiger charge is 2.21. The fraction of sp³-hybridized carbons (Fsp3) is 0.278. The van der Waals surface area contributed by atoms with Crippen molar-refractivity contribution in [3.63, 3.8) is 0 Å². The number of carbonyl (C=O) groups is 1. The molecule has 2 aromatic rings. The first-order valence-corrected chi connectivity index (χ1v) is 8.09. The Hall–Kier alpha value is -2.08. The van der Waals surface area contributed by atoms with Crippen molar-refractivity contribution >= 4 is 17.7 Å². The van der Waals surface area contributed by atoms with Crippen LogP contribution >= 0.6 is 11.6 Å². The molecule has 0 aliphatic carbocycles. The van der Waals surface area contributed by atoms with Gasteiger partial charge >= 0.3 is 6.09 Å². The highest BCUT2D eigenvalue weighted by atomic mass is 35.5. The monoisotopic (exact) mass is 348 g/mol. The van der Waals surface area contributed by atoms with E-state index in [-0.39, 0.29) is 6.54 Å². The van der Waals surface area contributed by atoms with E-state index in [2.05, 4.69) is 10.6 Å². The quantitative estimate of drug-likeness (QED) is 0.591. The molecule has 4 N–H and O–H groups in total. The summed E-state index contributed by atoms with van der Waals surface area (Å²) >= 11 is 6.09. The Bertz CT molecular complexity index is 652. The molecule has 2 rings (SSSR count). The minimum absolute atomic E-state index is 0.253. The minimum atomic E-state index is -1.15. The Morgan fingerprint density at radius 3 is 2.42 bits per heavy atom. The predicted octanol–water partition coefficient (Wildman–Crippen LogP) is 2.67. The van der Waals surface area contributed by atoms with E-state index in [0.29, 0.717) is 18.0 Å². The van der Waals surface area contributed by atoms with Crippen LogP contribution in [0.3, 0.4) is 0 Å². The van der Waals surface area contributed by atoms with E-state index in [1.807, 2.05) is 48.5 Å². The highest BCUT2D eigenvalue weighted by molar-refractivity contribution is 6.31. The van der Waals surface area contributed by atoms with Crippen molar-refractivity contribution in [2.75, 3.05) is 6.54 Å². The maximum atomic E-state index is 11.0. The number of hydrogen-bond acceptors (Lipinski definition) is 3. The first kappa shape index (κ1) is 18.3. The van der Waals surface area contributed by atoms with E-state index in [9.17, 15) is 9.90 Å². The van der Waals surface area contributed by atoms with Crippen molar-refractivity contribution in [1.82, 2.24) is 10.6 Å². The van der Waals surface area contributed by atoms with Gasteiger partial charge in [-0.05, 0) is 23.6 Å². The zero-order chi connectivity index (χ0) is 17.4. The lowest BCUT2D eigenvalue weighted by atomic mass is 10.0. The number of benzene rings is 2. The van der Waals surface area contributed by atoms with Crippen LogP contribution in [0, 0.1) is 0 Å². The van der Waals surface area contributed by atoms with Gasteiger partial charge in [-0.15, -0.1) is 0 Å². The van der Waals surface area contributed by atoms with E-state index in [4.69, 9.17) is 16.7 Å². The zero-order valence-electron chi connectivity index (χ0n) is 13.2. The summed E-state index contributed by atoms with van der Waals surface area (Å²) in [7, 11) is 0. The third kappa shape index (κ3) is 5.85. The van der Waals surface area contributed by atoms with Crippen molar-refractivity contribution in [2.24, 2.45) is 0 Å². The first-order chi connectivity index (χ1) is 11.6. The third-order valence-electron chi connectivity index (χ3n) is 3.70. The first-order valence-electron chi connectivity index (χ1n) is 7.72. The molecule has 2 aromatic carbocycles. The van der Waals surface area contributed by atoms with Crippen LogP contribution in [0.4, 0.5) is 4.79 Å². The number of rotatable bonds is 8. The van der Waals surface area contributed by atoms with Crippen LogP contribution in [0.15, 0.2) is 54.6 Å². The van der Waals surface area contributed by atoms with Gasteiger partial charge in [-0.1, -0.05) is 60.1 Å². The Balaban J connectivity index is 1.91. The summed E-state index contributed by atoms with van der Waals surface area (Å²) < 4.78 is 0. The molecule has 0 saturated heterocycles. The third-order valence-corrected chi connectivity index (χ3v) is 4.07. The van der Waals surface area contributed by atoms with Gasteiger partial charge in [0.1, 0.15) is 0 Å². The van der Waals surface area contributed by atoms with Crippen molar-refractivity contribution in [1.29, 1.82) is 0 Å². The molecular formula is C18H21ClN2O3. The molecular weight excluding hydrogens is 328 g/mol. The Morgan fingerprint density at radius 2 is 1.75 bits per heavy atom. The molecule has 5 nitrogen and oxygen atoms in total. The van der Waals surface area contributed by atoms with Crippen LogP contribution in [0.1, 0.15) is 11.1 Å². The number of amides is 1. The maximum absolute atomic E-state index is 11.0. The molecule has 0 fully saturated rings. The topological polar surface area (TPSA) is 81.6 Å². The van der Waals surface area contributed by atoms with Gasteiger partial charge in [0.15, 0.2) is 0 Å². The Kier molecular flexibility index (Phi) is 7.06. The lowest BCUT2D eigenvalue weighted by Crippen LogP contribution is -2.48. The average molecular weight is 349 g/mol. The summed E-state index contributed by atoms with van der Waals surface area (Å²) in [6.45, 7) is 0.755. The van der Waals surface area contributed by atoms with Crippen molar-refractivity contribution in [2.45, 2.75) is 25.1 Å². The summed E-state index contributed by atoms with van der Waals surface area (Å²) in [5, 5.41) is 25.5. The van der Waals surface area contributed by atoms with Gasteiger partial charge in [0.05, 0.1) is 12.1 Å². The summed E-state index contributed by atoms with van der Waals surface area (Å²) in [5.41, 5.74) is 1.89. The average Bonchev–Trinajstić information content (AvgIpc) is 2.56. The van der Waals surface area contributed by atoms with Crippen LogP contribution in [-0.2, 0) is 13.0 Å². The Morgan fingerprint density at radius 1 is 1.08 bits per heavy atom. The molecule has 0 aromatic heterocycles. The molecule has 0 heterocycles. The lowest BCUT2D eigenvalue weighted by Gasteiger charge is -2.23. The molecule has 24 heavy (non-hydrogen) atoms. The number of hydrogen-bond donors (Lipinski definition) is 4. The van der Waals surface area contributed by atoms with E-state index in [1.54, 1.807) is 6.07 Å². The molecule has 2 atom stereocenters. The molecule has 0 saturated carbocycles. The maximum Gasteiger partial charge on any atom is 0.404 e. The van der Waals surface area contributed by atoms with Gasteiger partial charge in [-0.2, -0.15) is 0 Å². The zero-order valence-corrected chi connectivity index (χ0v) is 13.9. The SMILES string of the molecule is O=C(O)N[C@@H](Cc1ccccc1)[C@@H](O)CNCc1ccccc1Cl. The number of aliphatic hydroxyl groups is 1. The molecule has 0 radical (unpaired) electrons. The summed E-state index contributed by atoms with van der Waals surface area (Å²) in [6.07, 6.45) is -1.59. The molecule has 0 spiro atoms. The number of aliphatic hydroxyl groups excluding tert-OH is 1. The van der Waals surface area contributed by atoms with Gasteiger partial charge in [0.2, 0.25) is 0 Å². The molecule has 128 valence electrons. The number of halogens is 1. The summed E-state index contributed by atoms with van der Waals surface area (Å²) in [6, 6.07) is 16.3. The van der Waals surface area contributed by atoms with E-state index in [1.165, 1.54) is 0 Å². The molecule has 0 aliphatic rings. The molecule has 0 aliphatic heterocycles. The molecule has 1 amide bonds. The van der Waals surface area contributed by atoms with Crippen LogP contribution < -0.4 is 10.6 Å². The van der Waals surface area contributed by atoms with Crippen molar-refractivity contribution < 1.29 is 15.0 Å². The smallest absolute Gasteiger partial charge is 0.404 e. The lowest BCUT2D eigenvalue weighted by molar-refractivity contribution is 0.117. The predicted molar refractivity (Wildman–Crippen MR) is 94.3 cm³/mol. The molecule has 6 heteroatoms. The molecule has 0 unspecified atom stereocenters. The van der Waals surface area contributed by atoms with Crippen molar-refractivity contribution in [3.05, 3.63) is 70.7 Å². The van der Waals surface area contributed by atoms with Crippen LogP contribution in [0.2, 0.25) is 5.02 Å². The van der Waals surface area contributed by atoms with Crippen LogP contribution in [0.5, 0.6) is 0 Å². The number of carboxylic acid groups (broad SMARTS) is 1. The summed E-state index contributed by atoms with van der Waals surface area (Å²) in [4.78, 5) is 11.0. The largest absolute Gasteiger partial charge is 0.465 e. The highest BCUT2D eigenvalue weighted by Crippen LogP contribution is 2.14. The standard InChI is InChI=1S/C18H21ClN2O3/c19-15-9-5-4-8-14(15)11-20-12-17(22)16(21-18(23)24)10-13-6-2-1-3-7-13/h1-9,16-17,20-22H,10-12H2,(H,23,24)/t16-,17-/m0/s1. The fourth-order valence-corrected chi connectivity index (χ4v) is 2.65. The molecule has 0 bridgehead atoms. The van der Waals surface area contributed by atoms with Crippen LogP contribution in [-0.4, -0.2) is 35.0 Å². The van der Waals surface area contributed by atoms with E-state index in [0.717, 1.165) is 11.1 Å². The van der Waals surface area contributed by atoms with Gasteiger partial charge in [-0.3, -0.25) is 0 Å². The van der Waals surface area contributed by atoms with E-state index >= 15 is 0 Å². The Labute approximate surface area is 146 Å². The fourth-order valence-electron chi connectivity index (χ4n) is 2.45. The second-order valence-electron chi connectivity index (χ2n) is 5.54. The normalized spacial score (nSPS) is 13.2.